The second-order valence-electron chi connectivity index (χ2n) is 9.84. The van der Waals surface area contributed by atoms with Crippen LogP contribution in [-0.2, 0) is 0 Å². The summed E-state index contributed by atoms with van der Waals surface area (Å²) in [5.74, 6) is 1.80. The predicted octanol–water partition coefficient (Wildman–Crippen LogP) is 5.52. The van der Waals surface area contributed by atoms with E-state index in [-0.39, 0.29) is 0 Å². The normalized spacial score (nSPS) is 60.0. The third-order valence-corrected chi connectivity index (χ3v) is 9.24. The summed E-state index contributed by atoms with van der Waals surface area (Å²) in [6.45, 7) is 20.6. The quantitative estimate of drug-likeness (QED) is 0.529. The SMILES string of the molecule is CC1C2CC3(C)CC(C)(CC1(C)C3(C)C)C2(C)C. The maximum Gasteiger partial charge on any atom is -0.0235 e. The summed E-state index contributed by atoms with van der Waals surface area (Å²) >= 11 is 0. The number of rotatable bonds is 0. The fraction of sp³-hybridized carbons (Fsp3) is 1.00. The van der Waals surface area contributed by atoms with Crippen molar-refractivity contribution in [2.75, 3.05) is 0 Å². The van der Waals surface area contributed by atoms with Gasteiger partial charge in [0.25, 0.3) is 0 Å². The van der Waals surface area contributed by atoms with E-state index < -0.39 is 0 Å². The van der Waals surface area contributed by atoms with Crippen LogP contribution in [-0.4, -0.2) is 0 Å². The molecule has 0 heteroatoms. The van der Waals surface area contributed by atoms with Crippen LogP contribution >= 0.6 is 0 Å². The minimum Gasteiger partial charge on any atom is -0.0617 e. The molecule has 0 nitrogen and oxygen atoms in total. The molecule has 4 rings (SSSR count). The maximum atomic E-state index is 2.61. The molecule has 0 saturated heterocycles. The van der Waals surface area contributed by atoms with Gasteiger partial charge < -0.3 is 0 Å². The van der Waals surface area contributed by atoms with E-state index >= 15 is 0 Å². The van der Waals surface area contributed by atoms with E-state index in [2.05, 4.69) is 55.4 Å². The van der Waals surface area contributed by atoms with Gasteiger partial charge >= 0.3 is 0 Å². The average molecular weight is 248 g/mol. The van der Waals surface area contributed by atoms with Crippen molar-refractivity contribution in [2.24, 2.45) is 38.9 Å². The molecule has 4 fully saturated rings. The van der Waals surface area contributed by atoms with E-state index in [0.717, 1.165) is 11.8 Å². The fourth-order valence-electron chi connectivity index (χ4n) is 6.81. The van der Waals surface area contributed by atoms with E-state index in [1.165, 1.54) is 19.3 Å². The van der Waals surface area contributed by atoms with Crippen LogP contribution in [0.2, 0.25) is 0 Å². The van der Waals surface area contributed by atoms with Crippen molar-refractivity contribution in [1.29, 1.82) is 0 Å². The fourth-order valence-corrected chi connectivity index (χ4v) is 6.81. The summed E-state index contributed by atoms with van der Waals surface area (Å²) in [5.41, 5.74) is 2.67. The summed E-state index contributed by atoms with van der Waals surface area (Å²) in [7, 11) is 0. The lowest BCUT2D eigenvalue weighted by Gasteiger charge is -2.80. The highest BCUT2D eigenvalue weighted by Gasteiger charge is 2.74. The monoisotopic (exact) mass is 248 g/mol. The Bertz CT molecular complexity index is 402. The van der Waals surface area contributed by atoms with Gasteiger partial charge in [-0.2, -0.15) is 0 Å². The lowest BCUT2D eigenvalue weighted by Crippen LogP contribution is -2.72. The molecule has 4 saturated carbocycles. The van der Waals surface area contributed by atoms with Gasteiger partial charge in [0.1, 0.15) is 0 Å². The smallest absolute Gasteiger partial charge is 0.0235 e. The summed E-state index contributed by atoms with van der Waals surface area (Å²) in [4.78, 5) is 0. The Hall–Kier alpha value is 0. The average Bonchev–Trinajstić information content (AvgIpc) is 2.18. The molecule has 5 unspecified atom stereocenters. The molecule has 0 aliphatic heterocycles. The molecule has 4 bridgehead atoms. The summed E-state index contributed by atoms with van der Waals surface area (Å²) in [5, 5.41) is 0. The molecule has 18 heavy (non-hydrogen) atoms. The van der Waals surface area contributed by atoms with Crippen molar-refractivity contribution in [3.05, 3.63) is 0 Å². The van der Waals surface area contributed by atoms with Crippen molar-refractivity contribution < 1.29 is 0 Å². The van der Waals surface area contributed by atoms with Gasteiger partial charge in [-0.05, 0) is 58.2 Å². The summed E-state index contributed by atoms with van der Waals surface area (Å²) in [6, 6.07) is 0. The van der Waals surface area contributed by atoms with E-state index in [1.54, 1.807) is 0 Å². The Morgan fingerprint density at radius 3 is 1.89 bits per heavy atom. The van der Waals surface area contributed by atoms with Gasteiger partial charge in [-0.15, -0.1) is 0 Å². The van der Waals surface area contributed by atoms with Crippen LogP contribution < -0.4 is 0 Å². The van der Waals surface area contributed by atoms with E-state index in [4.69, 9.17) is 0 Å². The Labute approximate surface area is 114 Å². The van der Waals surface area contributed by atoms with E-state index in [0.29, 0.717) is 27.1 Å². The topological polar surface area (TPSA) is 0 Å². The molecule has 0 N–H and O–H groups in total. The Morgan fingerprint density at radius 2 is 1.33 bits per heavy atom. The summed E-state index contributed by atoms with van der Waals surface area (Å²) in [6.07, 6.45) is 4.34. The van der Waals surface area contributed by atoms with Crippen LogP contribution in [0.3, 0.4) is 0 Å². The number of hydrogen-bond acceptors (Lipinski definition) is 0. The highest BCUT2D eigenvalue weighted by Crippen LogP contribution is 2.82. The first-order valence-electron chi connectivity index (χ1n) is 7.91. The molecule has 0 radical (unpaired) electrons. The second-order valence-corrected chi connectivity index (χ2v) is 9.84. The first kappa shape index (κ1) is 13.0. The van der Waals surface area contributed by atoms with Crippen molar-refractivity contribution in [3.8, 4) is 0 Å². The highest BCUT2D eigenvalue weighted by atomic mass is 14.8. The van der Waals surface area contributed by atoms with Crippen molar-refractivity contribution in [2.45, 2.75) is 74.7 Å². The second kappa shape index (κ2) is 2.86. The Balaban J connectivity index is 2.23. The zero-order chi connectivity index (χ0) is 13.8. The molecule has 0 amide bonds. The molecule has 4 aliphatic carbocycles. The van der Waals surface area contributed by atoms with Crippen LogP contribution in [0.4, 0.5) is 0 Å². The van der Waals surface area contributed by atoms with Crippen molar-refractivity contribution in [3.63, 3.8) is 0 Å². The van der Waals surface area contributed by atoms with Crippen molar-refractivity contribution in [1.82, 2.24) is 0 Å². The Morgan fingerprint density at radius 1 is 0.778 bits per heavy atom. The van der Waals surface area contributed by atoms with E-state index in [9.17, 15) is 0 Å². The molecular weight excluding hydrogens is 216 g/mol. The van der Waals surface area contributed by atoms with Gasteiger partial charge in [0.05, 0.1) is 0 Å². The zero-order valence-electron chi connectivity index (χ0n) is 13.8. The van der Waals surface area contributed by atoms with Crippen molar-refractivity contribution >= 4 is 0 Å². The lowest BCUT2D eigenvalue weighted by atomic mass is 9.25. The van der Waals surface area contributed by atoms with Crippen LogP contribution in [0.5, 0.6) is 0 Å². The van der Waals surface area contributed by atoms with Crippen LogP contribution in [0.1, 0.15) is 74.7 Å². The van der Waals surface area contributed by atoms with Gasteiger partial charge in [0.2, 0.25) is 0 Å². The van der Waals surface area contributed by atoms with Crippen LogP contribution in [0.15, 0.2) is 0 Å². The number of hydrogen-bond donors (Lipinski definition) is 0. The largest absolute Gasteiger partial charge is 0.0617 e. The van der Waals surface area contributed by atoms with Gasteiger partial charge in [0.15, 0.2) is 0 Å². The summed E-state index contributed by atoms with van der Waals surface area (Å²) < 4.78 is 0. The van der Waals surface area contributed by atoms with Gasteiger partial charge in [-0.25, -0.2) is 0 Å². The zero-order valence-corrected chi connectivity index (χ0v) is 13.8. The maximum absolute atomic E-state index is 2.61. The minimum absolute atomic E-state index is 0.492. The Kier molecular flexibility index (Phi) is 2.07. The van der Waals surface area contributed by atoms with Gasteiger partial charge in [0, 0.05) is 0 Å². The van der Waals surface area contributed by atoms with Crippen LogP contribution in [0, 0.1) is 38.9 Å². The van der Waals surface area contributed by atoms with Gasteiger partial charge in [-0.3, -0.25) is 0 Å². The third kappa shape index (κ3) is 1.00. The standard InChI is InChI=1S/C18H32/c1-12-13-9-16(6)10-17(7,14(13,2)3)11-18(12,8)15(16,4)5/h12-13H,9-11H2,1-8H3. The van der Waals surface area contributed by atoms with E-state index in [1.807, 2.05) is 0 Å². The molecule has 0 heterocycles. The first-order valence-corrected chi connectivity index (χ1v) is 7.91. The molecule has 104 valence electrons. The van der Waals surface area contributed by atoms with Gasteiger partial charge in [-0.1, -0.05) is 55.4 Å². The van der Waals surface area contributed by atoms with Crippen LogP contribution in [0.25, 0.3) is 0 Å². The minimum atomic E-state index is 0.492. The molecule has 0 spiro atoms. The molecule has 0 aromatic rings. The molecule has 0 aromatic carbocycles. The molecule has 4 aliphatic rings. The lowest BCUT2D eigenvalue weighted by molar-refractivity contribution is -0.309. The first-order chi connectivity index (χ1) is 7.91. The predicted molar refractivity (Wildman–Crippen MR) is 78.4 cm³/mol. The molecular formula is C18H32. The molecule has 5 atom stereocenters. The highest BCUT2D eigenvalue weighted by molar-refractivity contribution is 5.23. The third-order valence-electron chi connectivity index (χ3n) is 9.24. The molecule has 0 aromatic heterocycles.